The molecule has 1 aliphatic rings. The quantitative estimate of drug-likeness (QED) is 0.636. The van der Waals surface area contributed by atoms with Crippen LogP contribution >= 0.6 is 35.6 Å². The Kier molecular flexibility index (Phi) is 5.72. The molecule has 1 N–H and O–H groups in total. The van der Waals surface area contributed by atoms with Gasteiger partial charge in [-0.15, -0.1) is 0 Å². The Morgan fingerprint density at radius 1 is 1.45 bits per heavy atom. The summed E-state index contributed by atoms with van der Waals surface area (Å²) in [5.41, 5.74) is 0.684. The Morgan fingerprint density at radius 2 is 2.18 bits per heavy atom. The van der Waals surface area contributed by atoms with Gasteiger partial charge in [-0.1, -0.05) is 42.5 Å². The molecule has 0 atom stereocenters. The Hall–Kier alpha value is -1.24. The van der Waals surface area contributed by atoms with Crippen molar-refractivity contribution in [3.8, 4) is 11.5 Å². The summed E-state index contributed by atoms with van der Waals surface area (Å²) >= 11 is 12.5. The topological polar surface area (TPSA) is 49.8 Å². The minimum absolute atomic E-state index is 0.0980. The van der Waals surface area contributed by atoms with Crippen LogP contribution in [0.2, 0.25) is 5.02 Å². The van der Waals surface area contributed by atoms with Crippen molar-refractivity contribution in [2.24, 2.45) is 0 Å². The molecular weight excluding hydrogens is 342 g/mol. The summed E-state index contributed by atoms with van der Waals surface area (Å²) in [6, 6.07) is 3.24. The molecule has 0 saturated carbocycles. The number of carbonyl (C=O) groups is 1. The van der Waals surface area contributed by atoms with Crippen LogP contribution in [0, 0.1) is 0 Å². The van der Waals surface area contributed by atoms with Gasteiger partial charge in [0.05, 0.1) is 16.5 Å². The van der Waals surface area contributed by atoms with Crippen LogP contribution in [-0.4, -0.2) is 33.4 Å². The fourth-order valence-electron chi connectivity index (χ4n) is 2.01. The maximum atomic E-state index is 12.3. The van der Waals surface area contributed by atoms with Crippen molar-refractivity contribution in [3.63, 3.8) is 0 Å². The van der Waals surface area contributed by atoms with Crippen LogP contribution in [0.25, 0.3) is 6.08 Å². The lowest BCUT2D eigenvalue weighted by molar-refractivity contribution is -0.122. The molecular formula is C15H16ClNO3S2. The zero-order chi connectivity index (χ0) is 16.3. The molecule has 1 fully saturated rings. The Morgan fingerprint density at radius 3 is 2.82 bits per heavy atom. The second kappa shape index (κ2) is 7.35. The molecule has 0 aliphatic carbocycles. The highest BCUT2D eigenvalue weighted by Gasteiger charge is 2.31. The molecule has 1 amide bonds. The summed E-state index contributed by atoms with van der Waals surface area (Å²) in [7, 11) is 0. The van der Waals surface area contributed by atoms with Crippen LogP contribution < -0.4 is 4.74 Å². The molecule has 0 aromatic heterocycles. The van der Waals surface area contributed by atoms with Crippen molar-refractivity contribution in [2.45, 2.75) is 20.3 Å². The van der Waals surface area contributed by atoms with Crippen LogP contribution in [0.15, 0.2) is 17.0 Å². The fourth-order valence-corrected chi connectivity index (χ4v) is 3.54. The highest BCUT2D eigenvalue weighted by Crippen LogP contribution is 2.38. The van der Waals surface area contributed by atoms with Crippen molar-refractivity contribution >= 4 is 51.9 Å². The number of halogens is 1. The third-order valence-corrected chi connectivity index (χ3v) is 4.64. The highest BCUT2D eigenvalue weighted by atomic mass is 35.5. The van der Waals surface area contributed by atoms with Gasteiger partial charge in [-0.2, -0.15) is 0 Å². The van der Waals surface area contributed by atoms with E-state index in [4.69, 9.17) is 28.6 Å². The van der Waals surface area contributed by atoms with E-state index in [1.807, 2.05) is 13.8 Å². The highest BCUT2D eigenvalue weighted by molar-refractivity contribution is 8.26. The lowest BCUT2D eigenvalue weighted by Crippen LogP contribution is -2.28. The lowest BCUT2D eigenvalue weighted by atomic mass is 10.2. The van der Waals surface area contributed by atoms with Crippen molar-refractivity contribution < 1.29 is 14.6 Å². The van der Waals surface area contributed by atoms with E-state index < -0.39 is 0 Å². The third-order valence-electron chi connectivity index (χ3n) is 2.97. The van der Waals surface area contributed by atoms with Gasteiger partial charge in [-0.25, -0.2) is 0 Å². The van der Waals surface area contributed by atoms with Crippen LogP contribution in [0.4, 0.5) is 0 Å². The van der Waals surface area contributed by atoms with Crippen LogP contribution in [0.3, 0.4) is 0 Å². The second-order valence-corrected chi connectivity index (χ2v) is 6.70. The number of hydrogen-bond donors (Lipinski definition) is 1. The molecule has 0 bridgehead atoms. The predicted octanol–water partition coefficient (Wildman–Crippen LogP) is 4.06. The summed E-state index contributed by atoms with van der Waals surface area (Å²) in [5.74, 6) is 0.100. The summed E-state index contributed by atoms with van der Waals surface area (Å²) < 4.78 is 5.90. The van der Waals surface area contributed by atoms with E-state index in [2.05, 4.69) is 0 Å². The van der Waals surface area contributed by atoms with E-state index >= 15 is 0 Å². The number of hydrogen-bond acceptors (Lipinski definition) is 5. The number of phenols is 1. The zero-order valence-electron chi connectivity index (χ0n) is 12.3. The number of amides is 1. The van der Waals surface area contributed by atoms with E-state index in [-0.39, 0.29) is 16.7 Å². The van der Waals surface area contributed by atoms with Gasteiger partial charge < -0.3 is 9.84 Å². The molecule has 4 nitrogen and oxygen atoms in total. The average Bonchev–Trinajstić information content (AvgIpc) is 2.72. The first-order chi connectivity index (χ1) is 10.5. The Bertz CT molecular complexity index is 646. The number of thioether (sulfide) groups is 1. The van der Waals surface area contributed by atoms with Gasteiger partial charge in [0.2, 0.25) is 0 Å². The largest absolute Gasteiger partial charge is 0.503 e. The summed E-state index contributed by atoms with van der Waals surface area (Å²) in [6.45, 7) is 4.83. The molecule has 1 aliphatic heterocycles. The SMILES string of the molecule is CCCN1C(=O)/C(=C\c2cc(Cl)c(O)c(OCC)c2)SC1=S. The number of aromatic hydroxyl groups is 1. The monoisotopic (exact) mass is 357 g/mol. The van der Waals surface area contributed by atoms with E-state index in [1.165, 1.54) is 11.8 Å². The number of thiocarbonyl (C=S) groups is 1. The predicted molar refractivity (Wildman–Crippen MR) is 94.5 cm³/mol. The van der Waals surface area contributed by atoms with Gasteiger partial charge in [-0.3, -0.25) is 9.69 Å². The lowest BCUT2D eigenvalue weighted by Gasteiger charge is -2.12. The molecule has 1 saturated heterocycles. The van der Waals surface area contributed by atoms with Gasteiger partial charge in [-0.05, 0) is 37.1 Å². The first-order valence-corrected chi connectivity index (χ1v) is 8.48. The van der Waals surface area contributed by atoms with Crippen molar-refractivity contribution in [3.05, 3.63) is 27.6 Å². The zero-order valence-corrected chi connectivity index (χ0v) is 14.6. The fraction of sp³-hybridized carbons (Fsp3) is 0.333. The smallest absolute Gasteiger partial charge is 0.266 e. The number of ether oxygens (including phenoxy) is 1. The Balaban J connectivity index is 2.33. The minimum atomic E-state index is -0.0981. The summed E-state index contributed by atoms with van der Waals surface area (Å²) in [6.07, 6.45) is 2.56. The molecule has 22 heavy (non-hydrogen) atoms. The molecule has 0 radical (unpaired) electrons. The molecule has 1 heterocycles. The van der Waals surface area contributed by atoms with Crippen LogP contribution in [0.5, 0.6) is 11.5 Å². The molecule has 7 heteroatoms. The second-order valence-electron chi connectivity index (χ2n) is 4.62. The average molecular weight is 358 g/mol. The number of phenolic OH excluding ortho intramolecular Hbond substituents is 1. The normalized spacial score (nSPS) is 16.7. The Labute approximate surface area is 144 Å². The molecule has 2 rings (SSSR count). The number of nitrogens with zero attached hydrogens (tertiary/aromatic N) is 1. The minimum Gasteiger partial charge on any atom is -0.503 e. The van der Waals surface area contributed by atoms with Gasteiger partial charge >= 0.3 is 0 Å². The van der Waals surface area contributed by atoms with E-state index in [9.17, 15) is 9.90 Å². The molecule has 0 unspecified atom stereocenters. The van der Waals surface area contributed by atoms with E-state index in [0.29, 0.717) is 33.7 Å². The molecule has 1 aromatic carbocycles. The van der Waals surface area contributed by atoms with Gasteiger partial charge in [0.15, 0.2) is 11.5 Å². The standard InChI is InChI=1S/C15H16ClNO3S2/c1-3-5-17-14(19)12(22-15(17)21)8-9-6-10(16)13(18)11(7-9)20-4-2/h6-8,18H,3-5H2,1-2H3/b12-8+. The molecule has 0 spiro atoms. The van der Waals surface area contributed by atoms with E-state index in [1.54, 1.807) is 23.1 Å². The third kappa shape index (κ3) is 3.56. The molecule has 1 aromatic rings. The first-order valence-electron chi connectivity index (χ1n) is 6.88. The van der Waals surface area contributed by atoms with Crippen molar-refractivity contribution in [1.29, 1.82) is 0 Å². The van der Waals surface area contributed by atoms with Gasteiger partial charge in [0.1, 0.15) is 4.32 Å². The number of rotatable bonds is 5. The van der Waals surface area contributed by atoms with Crippen LogP contribution in [-0.2, 0) is 4.79 Å². The van der Waals surface area contributed by atoms with Gasteiger partial charge in [0.25, 0.3) is 5.91 Å². The summed E-state index contributed by atoms with van der Waals surface area (Å²) in [4.78, 5) is 14.4. The van der Waals surface area contributed by atoms with Gasteiger partial charge in [0, 0.05) is 6.54 Å². The maximum Gasteiger partial charge on any atom is 0.266 e. The maximum absolute atomic E-state index is 12.3. The van der Waals surface area contributed by atoms with Crippen molar-refractivity contribution in [2.75, 3.05) is 13.2 Å². The molecule has 118 valence electrons. The van der Waals surface area contributed by atoms with Crippen molar-refractivity contribution in [1.82, 2.24) is 4.90 Å². The van der Waals surface area contributed by atoms with Crippen LogP contribution in [0.1, 0.15) is 25.8 Å². The van der Waals surface area contributed by atoms with E-state index in [0.717, 1.165) is 6.42 Å². The number of benzene rings is 1. The first kappa shape index (κ1) is 17.1. The summed E-state index contributed by atoms with van der Waals surface area (Å²) in [5, 5.41) is 10.0. The number of carbonyl (C=O) groups excluding carboxylic acids is 1.